The van der Waals surface area contributed by atoms with Crippen LogP contribution < -0.4 is 0 Å². The van der Waals surface area contributed by atoms with Crippen molar-refractivity contribution in [2.75, 3.05) is 6.54 Å². The van der Waals surface area contributed by atoms with Gasteiger partial charge in [-0.3, -0.25) is 4.90 Å². The van der Waals surface area contributed by atoms with E-state index in [-0.39, 0.29) is 12.1 Å². The maximum absolute atomic E-state index is 11.9. The summed E-state index contributed by atoms with van der Waals surface area (Å²) in [5, 5.41) is 0. The van der Waals surface area contributed by atoms with Crippen LogP contribution in [0.5, 0.6) is 0 Å². The monoisotopic (exact) mass is 225 g/mol. The van der Waals surface area contributed by atoms with Gasteiger partial charge in [-0.15, -0.1) is 0 Å². The lowest BCUT2D eigenvalue weighted by Gasteiger charge is -2.29. The standard InChI is InChI=1S/C13H23NO2/c1-10(2)9-11-7-6-8-14(11)12(15)16-13(3,4)5/h6-7,10-11H,8-9H2,1-5H3/t11-/m1/s1. The van der Waals surface area contributed by atoms with E-state index in [0.29, 0.717) is 12.5 Å². The molecule has 0 spiro atoms. The molecule has 0 fully saturated rings. The summed E-state index contributed by atoms with van der Waals surface area (Å²) in [7, 11) is 0. The molecule has 0 radical (unpaired) electrons. The third-order valence-electron chi connectivity index (χ3n) is 2.40. The van der Waals surface area contributed by atoms with Crippen molar-refractivity contribution >= 4 is 6.09 Å². The second-order valence-corrected chi connectivity index (χ2v) is 5.76. The van der Waals surface area contributed by atoms with Gasteiger partial charge in [0.1, 0.15) is 5.60 Å². The van der Waals surface area contributed by atoms with E-state index in [9.17, 15) is 4.79 Å². The molecular weight excluding hydrogens is 202 g/mol. The maximum atomic E-state index is 11.9. The van der Waals surface area contributed by atoms with Crippen molar-refractivity contribution in [1.82, 2.24) is 4.90 Å². The van der Waals surface area contributed by atoms with E-state index < -0.39 is 5.60 Å². The van der Waals surface area contributed by atoms with Crippen LogP contribution in [0.15, 0.2) is 12.2 Å². The molecule has 0 unspecified atom stereocenters. The normalized spacial score (nSPS) is 20.6. The lowest BCUT2D eigenvalue weighted by molar-refractivity contribution is 0.0229. The zero-order valence-electron chi connectivity index (χ0n) is 11.0. The van der Waals surface area contributed by atoms with Crippen molar-refractivity contribution in [2.24, 2.45) is 5.92 Å². The van der Waals surface area contributed by atoms with Crippen LogP contribution in [0.3, 0.4) is 0 Å². The first kappa shape index (κ1) is 13.1. The third-order valence-corrected chi connectivity index (χ3v) is 2.40. The van der Waals surface area contributed by atoms with E-state index in [1.165, 1.54) is 0 Å². The van der Waals surface area contributed by atoms with Gasteiger partial charge >= 0.3 is 6.09 Å². The Balaban J connectivity index is 2.56. The zero-order chi connectivity index (χ0) is 12.3. The molecule has 0 aromatic rings. The van der Waals surface area contributed by atoms with E-state index >= 15 is 0 Å². The molecule has 1 aliphatic rings. The van der Waals surface area contributed by atoms with Gasteiger partial charge in [-0.2, -0.15) is 0 Å². The smallest absolute Gasteiger partial charge is 0.411 e. The number of carbonyl (C=O) groups excluding carboxylic acids is 1. The van der Waals surface area contributed by atoms with Gasteiger partial charge in [0.25, 0.3) is 0 Å². The summed E-state index contributed by atoms with van der Waals surface area (Å²) >= 11 is 0. The molecule has 0 saturated carbocycles. The van der Waals surface area contributed by atoms with Crippen LogP contribution in [0.25, 0.3) is 0 Å². The lowest BCUT2D eigenvalue weighted by atomic mass is 10.0. The summed E-state index contributed by atoms with van der Waals surface area (Å²) in [5.41, 5.74) is -0.415. The highest BCUT2D eigenvalue weighted by Gasteiger charge is 2.29. The number of carbonyl (C=O) groups is 1. The zero-order valence-corrected chi connectivity index (χ0v) is 11.0. The molecule has 3 heteroatoms. The third kappa shape index (κ3) is 3.87. The fourth-order valence-electron chi connectivity index (χ4n) is 1.79. The molecule has 1 amide bonds. The average molecular weight is 225 g/mol. The van der Waals surface area contributed by atoms with Crippen LogP contribution in [0.4, 0.5) is 4.79 Å². The molecule has 0 aromatic carbocycles. The fourth-order valence-corrected chi connectivity index (χ4v) is 1.79. The lowest BCUT2D eigenvalue weighted by Crippen LogP contribution is -2.40. The summed E-state index contributed by atoms with van der Waals surface area (Å²) in [6.45, 7) is 10.7. The SMILES string of the molecule is CC(C)C[C@H]1C=CCN1C(=O)OC(C)(C)C. The molecule has 0 bridgehead atoms. The number of amides is 1. The van der Waals surface area contributed by atoms with Crippen LogP contribution in [-0.2, 0) is 4.74 Å². The Bertz CT molecular complexity index is 276. The molecule has 1 aliphatic heterocycles. The number of ether oxygens (including phenoxy) is 1. The molecule has 0 aliphatic carbocycles. The summed E-state index contributed by atoms with van der Waals surface area (Å²) in [6, 6.07) is 0.204. The Morgan fingerprint density at radius 1 is 1.50 bits per heavy atom. The highest BCUT2D eigenvalue weighted by molar-refractivity contribution is 5.69. The first-order valence-electron chi connectivity index (χ1n) is 5.96. The quantitative estimate of drug-likeness (QED) is 0.675. The van der Waals surface area contributed by atoms with E-state index in [0.717, 1.165) is 6.42 Å². The number of hydrogen-bond donors (Lipinski definition) is 0. The van der Waals surface area contributed by atoms with E-state index in [1.54, 1.807) is 4.90 Å². The van der Waals surface area contributed by atoms with E-state index in [1.807, 2.05) is 26.8 Å². The first-order chi connectivity index (χ1) is 7.29. The summed E-state index contributed by atoms with van der Waals surface area (Å²) < 4.78 is 5.38. The molecular formula is C13H23NO2. The second-order valence-electron chi connectivity index (χ2n) is 5.76. The maximum Gasteiger partial charge on any atom is 0.411 e. The van der Waals surface area contributed by atoms with Crippen LogP contribution in [0.1, 0.15) is 41.0 Å². The van der Waals surface area contributed by atoms with Crippen LogP contribution in [-0.4, -0.2) is 29.2 Å². The highest BCUT2D eigenvalue weighted by Crippen LogP contribution is 2.20. The van der Waals surface area contributed by atoms with E-state index in [2.05, 4.69) is 19.9 Å². The first-order valence-corrected chi connectivity index (χ1v) is 5.96. The van der Waals surface area contributed by atoms with Gasteiger partial charge < -0.3 is 4.74 Å². The fraction of sp³-hybridized carbons (Fsp3) is 0.769. The second kappa shape index (κ2) is 4.89. The highest BCUT2D eigenvalue weighted by atomic mass is 16.6. The molecule has 0 N–H and O–H groups in total. The van der Waals surface area contributed by atoms with Crippen LogP contribution >= 0.6 is 0 Å². The summed E-state index contributed by atoms with van der Waals surface area (Å²) in [5.74, 6) is 0.581. The van der Waals surface area contributed by atoms with Gasteiger partial charge in [0.05, 0.1) is 6.04 Å². The van der Waals surface area contributed by atoms with Gasteiger partial charge in [-0.25, -0.2) is 4.79 Å². The minimum atomic E-state index is -0.415. The summed E-state index contributed by atoms with van der Waals surface area (Å²) in [6.07, 6.45) is 4.93. The van der Waals surface area contributed by atoms with Crippen molar-refractivity contribution in [1.29, 1.82) is 0 Å². The molecule has 1 atom stereocenters. The topological polar surface area (TPSA) is 29.5 Å². The molecule has 3 nitrogen and oxygen atoms in total. The van der Waals surface area contributed by atoms with Gasteiger partial charge in [-0.1, -0.05) is 26.0 Å². The largest absolute Gasteiger partial charge is 0.444 e. The molecule has 92 valence electrons. The number of nitrogens with zero attached hydrogens (tertiary/aromatic N) is 1. The number of rotatable bonds is 2. The Hall–Kier alpha value is -0.990. The minimum absolute atomic E-state index is 0.204. The molecule has 1 heterocycles. The van der Waals surface area contributed by atoms with Gasteiger partial charge in [0.2, 0.25) is 0 Å². The van der Waals surface area contributed by atoms with Gasteiger partial charge in [-0.05, 0) is 33.1 Å². The summed E-state index contributed by atoms with van der Waals surface area (Å²) in [4.78, 5) is 13.7. The Morgan fingerprint density at radius 2 is 2.12 bits per heavy atom. The Kier molecular flexibility index (Phi) is 4.00. The Morgan fingerprint density at radius 3 is 2.62 bits per heavy atom. The molecule has 1 rings (SSSR count). The Labute approximate surface area is 98.5 Å². The van der Waals surface area contributed by atoms with Crippen molar-refractivity contribution in [3.8, 4) is 0 Å². The van der Waals surface area contributed by atoms with Crippen molar-refractivity contribution < 1.29 is 9.53 Å². The van der Waals surface area contributed by atoms with Crippen LogP contribution in [0.2, 0.25) is 0 Å². The molecule has 0 saturated heterocycles. The predicted octanol–water partition coefficient (Wildman–Crippen LogP) is 3.21. The van der Waals surface area contributed by atoms with E-state index in [4.69, 9.17) is 4.74 Å². The average Bonchev–Trinajstić information content (AvgIpc) is 2.47. The van der Waals surface area contributed by atoms with Crippen molar-refractivity contribution in [3.05, 3.63) is 12.2 Å². The van der Waals surface area contributed by atoms with Crippen LogP contribution in [0, 0.1) is 5.92 Å². The number of hydrogen-bond acceptors (Lipinski definition) is 2. The minimum Gasteiger partial charge on any atom is -0.444 e. The molecule has 0 aromatic heterocycles. The van der Waals surface area contributed by atoms with Crippen molar-refractivity contribution in [2.45, 2.75) is 52.7 Å². The van der Waals surface area contributed by atoms with Gasteiger partial charge in [0.15, 0.2) is 0 Å². The van der Waals surface area contributed by atoms with Crippen molar-refractivity contribution in [3.63, 3.8) is 0 Å². The van der Waals surface area contributed by atoms with Gasteiger partial charge in [0, 0.05) is 6.54 Å². The predicted molar refractivity (Wildman–Crippen MR) is 65.3 cm³/mol. The molecule has 16 heavy (non-hydrogen) atoms.